The molecule has 3 aromatic rings. The number of anilines is 1. The lowest BCUT2D eigenvalue weighted by atomic mass is 9.88. The number of benzene rings is 2. The molecule has 4 rings (SSSR count). The van der Waals surface area contributed by atoms with Crippen molar-refractivity contribution in [2.75, 3.05) is 25.5 Å². The van der Waals surface area contributed by atoms with Gasteiger partial charge in [0, 0.05) is 37.5 Å². The van der Waals surface area contributed by atoms with E-state index >= 15 is 0 Å². The van der Waals surface area contributed by atoms with Gasteiger partial charge in [-0.25, -0.2) is 9.97 Å². The smallest absolute Gasteiger partial charge is 0.219 e. The average molecular weight is 433 g/mol. The first-order valence-electron chi connectivity index (χ1n) is 11.3. The van der Waals surface area contributed by atoms with Gasteiger partial charge in [0.25, 0.3) is 0 Å². The topological polar surface area (TPSA) is 67.4 Å². The Balaban J connectivity index is 1.70. The molecule has 6 heteroatoms. The van der Waals surface area contributed by atoms with Crippen molar-refractivity contribution in [3.05, 3.63) is 58.9 Å². The van der Waals surface area contributed by atoms with Crippen LogP contribution in [-0.2, 0) is 4.79 Å². The van der Waals surface area contributed by atoms with Crippen molar-refractivity contribution in [2.45, 2.75) is 52.5 Å². The van der Waals surface area contributed by atoms with Gasteiger partial charge in [-0.2, -0.15) is 0 Å². The molecule has 1 aromatic heterocycles. The number of methoxy groups -OCH3 is 1. The molecular weight excluding hydrogens is 400 g/mol. The number of fused-ring (bicyclic) bond motifs is 1. The molecule has 1 amide bonds. The third-order valence-electron chi connectivity index (χ3n) is 6.43. The Morgan fingerprint density at radius 2 is 1.91 bits per heavy atom. The van der Waals surface area contributed by atoms with Crippen LogP contribution in [0.4, 0.5) is 5.82 Å². The predicted octanol–water partition coefficient (Wildman–Crippen LogP) is 5.15. The van der Waals surface area contributed by atoms with Gasteiger partial charge in [0.05, 0.1) is 12.6 Å². The Kier molecular flexibility index (Phi) is 6.31. The first-order valence-corrected chi connectivity index (χ1v) is 11.3. The Labute approximate surface area is 190 Å². The number of aryl methyl sites for hydroxylation is 2. The number of likely N-dealkylation sites (tertiary alicyclic amines) is 1. The highest BCUT2D eigenvalue weighted by Gasteiger charge is 2.25. The molecule has 1 N–H and O–H groups in total. The van der Waals surface area contributed by atoms with E-state index in [2.05, 4.69) is 54.5 Å². The summed E-state index contributed by atoms with van der Waals surface area (Å²) in [5.74, 6) is 2.91. The fourth-order valence-corrected chi connectivity index (χ4v) is 4.63. The van der Waals surface area contributed by atoms with Crippen molar-refractivity contribution in [2.24, 2.45) is 0 Å². The standard InChI is InChI=1S/C26H32N4O2/c1-16-7-6-8-21(13-16)17(2)27-26-23-14-22(20-9-11-30(12-10-20)19(4)31)25(32-5)15-24(23)28-18(3)29-26/h6-8,13-15,17,20H,9-12H2,1-5H3,(H,27,28,29)/t17-/m1/s1. The quantitative estimate of drug-likeness (QED) is 0.604. The summed E-state index contributed by atoms with van der Waals surface area (Å²) in [6.45, 7) is 9.38. The van der Waals surface area contributed by atoms with Crippen LogP contribution in [0, 0.1) is 13.8 Å². The van der Waals surface area contributed by atoms with Crippen LogP contribution in [0.25, 0.3) is 10.9 Å². The molecule has 0 radical (unpaired) electrons. The zero-order valence-electron chi connectivity index (χ0n) is 19.6. The minimum Gasteiger partial charge on any atom is -0.496 e. The van der Waals surface area contributed by atoms with Crippen LogP contribution in [-0.4, -0.2) is 41.0 Å². The number of rotatable bonds is 5. The Hall–Kier alpha value is -3.15. The Bertz CT molecular complexity index is 1140. The number of nitrogens with one attached hydrogen (secondary N) is 1. The summed E-state index contributed by atoms with van der Waals surface area (Å²) in [4.78, 5) is 23.1. The van der Waals surface area contributed by atoms with E-state index in [1.165, 1.54) is 16.7 Å². The second-order valence-corrected chi connectivity index (χ2v) is 8.79. The largest absolute Gasteiger partial charge is 0.496 e. The highest BCUT2D eigenvalue weighted by atomic mass is 16.5. The molecule has 1 fully saturated rings. The maximum Gasteiger partial charge on any atom is 0.219 e. The summed E-state index contributed by atoms with van der Waals surface area (Å²) in [5, 5.41) is 4.61. The van der Waals surface area contributed by atoms with Crippen LogP contribution in [0.3, 0.4) is 0 Å². The van der Waals surface area contributed by atoms with Crippen molar-refractivity contribution in [1.82, 2.24) is 14.9 Å². The lowest BCUT2D eigenvalue weighted by molar-refractivity contribution is -0.129. The van der Waals surface area contributed by atoms with Gasteiger partial charge in [-0.1, -0.05) is 29.8 Å². The Morgan fingerprint density at radius 3 is 2.56 bits per heavy atom. The third-order valence-corrected chi connectivity index (χ3v) is 6.43. The van der Waals surface area contributed by atoms with Gasteiger partial charge >= 0.3 is 0 Å². The average Bonchev–Trinajstić information content (AvgIpc) is 2.78. The van der Waals surface area contributed by atoms with Crippen molar-refractivity contribution >= 4 is 22.6 Å². The van der Waals surface area contributed by atoms with Crippen LogP contribution in [0.15, 0.2) is 36.4 Å². The molecule has 168 valence electrons. The molecule has 1 saturated heterocycles. The Morgan fingerprint density at radius 1 is 1.16 bits per heavy atom. The molecule has 0 saturated carbocycles. The predicted molar refractivity (Wildman–Crippen MR) is 128 cm³/mol. The van der Waals surface area contributed by atoms with E-state index in [0.29, 0.717) is 5.92 Å². The fourth-order valence-electron chi connectivity index (χ4n) is 4.63. The van der Waals surface area contributed by atoms with Gasteiger partial charge in [0.15, 0.2) is 0 Å². The number of amides is 1. The van der Waals surface area contributed by atoms with Gasteiger partial charge in [0.1, 0.15) is 17.4 Å². The number of carbonyl (C=O) groups is 1. The molecule has 1 aliphatic rings. The first kappa shape index (κ1) is 22.1. The fraction of sp³-hybridized carbons (Fsp3) is 0.423. The maximum absolute atomic E-state index is 11.7. The van der Waals surface area contributed by atoms with E-state index in [1.807, 2.05) is 17.9 Å². The van der Waals surface area contributed by atoms with E-state index in [0.717, 1.165) is 54.2 Å². The number of ether oxygens (including phenoxy) is 1. The molecule has 0 unspecified atom stereocenters. The summed E-state index contributed by atoms with van der Waals surface area (Å²) in [7, 11) is 1.71. The molecule has 0 aliphatic carbocycles. The molecule has 32 heavy (non-hydrogen) atoms. The summed E-state index contributed by atoms with van der Waals surface area (Å²) < 4.78 is 5.76. The zero-order valence-corrected chi connectivity index (χ0v) is 19.6. The van der Waals surface area contributed by atoms with Crippen LogP contribution in [0.2, 0.25) is 0 Å². The van der Waals surface area contributed by atoms with Crippen LogP contribution >= 0.6 is 0 Å². The summed E-state index contributed by atoms with van der Waals surface area (Å²) >= 11 is 0. The molecule has 2 heterocycles. The first-order chi connectivity index (χ1) is 15.4. The van der Waals surface area contributed by atoms with Gasteiger partial charge < -0.3 is 15.0 Å². The van der Waals surface area contributed by atoms with Crippen molar-refractivity contribution < 1.29 is 9.53 Å². The zero-order chi connectivity index (χ0) is 22.8. The second kappa shape index (κ2) is 9.15. The number of carbonyl (C=O) groups excluding carboxylic acids is 1. The monoisotopic (exact) mass is 432 g/mol. The molecule has 6 nitrogen and oxygen atoms in total. The maximum atomic E-state index is 11.7. The number of hydrogen-bond acceptors (Lipinski definition) is 5. The van der Waals surface area contributed by atoms with E-state index in [-0.39, 0.29) is 11.9 Å². The lowest BCUT2D eigenvalue weighted by Gasteiger charge is -2.32. The molecule has 1 atom stereocenters. The summed E-state index contributed by atoms with van der Waals surface area (Å²) in [6.07, 6.45) is 1.85. The van der Waals surface area contributed by atoms with Crippen LogP contribution in [0.5, 0.6) is 5.75 Å². The molecule has 0 bridgehead atoms. The number of aromatic nitrogens is 2. The van der Waals surface area contributed by atoms with Gasteiger partial charge in [-0.3, -0.25) is 4.79 Å². The number of nitrogens with zero attached hydrogens (tertiary/aromatic N) is 3. The van der Waals surface area contributed by atoms with E-state index in [4.69, 9.17) is 9.72 Å². The van der Waals surface area contributed by atoms with Crippen molar-refractivity contribution in [3.8, 4) is 5.75 Å². The van der Waals surface area contributed by atoms with Gasteiger partial charge in [-0.15, -0.1) is 0 Å². The summed E-state index contributed by atoms with van der Waals surface area (Å²) in [6, 6.07) is 12.9. The van der Waals surface area contributed by atoms with Gasteiger partial charge in [-0.05, 0) is 56.7 Å². The molecular formula is C26H32N4O2. The number of hydrogen-bond donors (Lipinski definition) is 1. The highest BCUT2D eigenvalue weighted by Crippen LogP contribution is 2.38. The van der Waals surface area contributed by atoms with E-state index in [9.17, 15) is 4.79 Å². The molecule has 2 aromatic carbocycles. The van der Waals surface area contributed by atoms with Gasteiger partial charge in [0.2, 0.25) is 5.91 Å². The second-order valence-electron chi connectivity index (χ2n) is 8.79. The molecule has 0 spiro atoms. The SMILES string of the molecule is COc1cc2nc(C)nc(N[C@H](C)c3cccc(C)c3)c2cc1C1CCN(C(C)=O)CC1. The van der Waals surface area contributed by atoms with E-state index < -0.39 is 0 Å². The minimum atomic E-state index is 0.108. The van der Waals surface area contributed by atoms with E-state index in [1.54, 1.807) is 14.0 Å². The molecule has 1 aliphatic heterocycles. The highest BCUT2D eigenvalue weighted by molar-refractivity contribution is 5.91. The number of piperidine rings is 1. The van der Waals surface area contributed by atoms with Crippen LogP contribution in [0.1, 0.15) is 61.2 Å². The van der Waals surface area contributed by atoms with Crippen molar-refractivity contribution in [1.29, 1.82) is 0 Å². The van der Waals surface area contributed by atoms with Crippen molar-refractivity contribution in [3.63, 3.8) is 0 Å². The van der Waals surface area contributed by atoms with Crippen LogP contribution < -0.4 is 10.1 Å². The lowest BCUT2D eigenvalue weighted by Crippen LogP contribution is -2.36. The third kappa shape index (κ3) is 4.54. The normalized spacial score (nSPS) is 15.6. The summed E-state index contributed by atoms with van der Waals surface area (Å²) in [5.41, 5.74) is 4.50. The minimum absolute atomic E-state index is 0.108.